The molecule has 6 heteroatoms. The number of piperidine rings is 1. The van der Waals surface area contributed by atoms with E-state index < -0.39 is 6.04 Å². The van der Waals surface area contributed by atoms with Gasteiger partial charge in [-0.25, -0.2) is 4.68 Å². The van der Waals surface area contributed by atoms with Crippen LogP contribution in [0.1, 0.15) is 32.7 Å². The van der Waals surface area contributed by atoms with Crippen molar-refractivity contribution in [1.29, 1.82) is 0 Å². The predicted molar refractivity (Wildman–Crippen MR) is 91.4 cm³/mol. The Bertz CT molecular complexity index is 764. The van der Waals surface area contributed by atoms with Gasteiger partial charge < -0.3 is 4.90 Å². The fourth-order valence-corrected chi connectivity index (χ4v) is 2.98. The number of carbonyl (C=O) groups is 1. The Morgan fingerprint density at radius 3 is 2.50 bits per heavy atom. The van der Waals surface area contributed by atoms with Crippen molar-refractivity contribution in [2.45, 2.75) is 32.7 Å². The molecule has 0 aliphatic carbocycles. The Morgan fingerprint density at radius 1 is 1.17 bits per heavy atom. The molecule has 3 rings (SSSR count). The first-order chi connectivity index (χ1) is 11.6. The highest BCUT2D eigenvalue weighted by Gasteiger charge is 2.26. The van der Waals surface area contributed by atoms with Gasteiger partial charge in [-0.2, -0.15) is 5.10 Å². The summed E-state index contributed by atoms with van der Waals surface area (Å²) >= 11 is 0. The van der Waals surface area contributed by atoms with E-state index >= 15 is 0 Å². The minimum Gasteiger partial charge on any atom is -0.341 e. The molecule has 2 aromatic heterocycles. The van der Waals surface area contributed by atoms with Gasteiger partial charge in [-0.1, -0.05) is 6.92 Å². The summed E-state index contributed by atoms with van der Waals surface area (Å²) in [5.74, 6) is 0.614. The largest absolute Gasteiger partial charge is 0.341 e. The van der Waals surface area contributed by atoms with Crippen molar-refractivity contribution in [2.75, 3.05) is 13.1 Å². The fraction of sp³-hybridized carbons (Fsp3) is 0.444. The summed E-state index contributed by atoms with van der Waals surface area (Å²) in [5, 5.41) is 4.40. The zero-order valence-corrected chi connectivity index (χ0v) is 14.1. The zero-order chi connectivity index (χ0) is 17.1. The Labute approximate surface area is 141 Å². The molecule has 2 aromatic rings. The Kier molecular flexibility index (Phi) is 4.74. The van der Waals surface area contributed by atoms with Gasteiger partial charge in [0.1, 0.15) is 6.04 Å². The first-order valence-electron chi connectivity index (χ1n) is 8.35. The van der Waals surface area contributed by atoms with Crippen LogP contribution in [0.3, 0.4) is 0 Å². The molecule has 6 nitrogen and oxygen atoms in total. The lowest BCUT2D eigenvalue weighted by atomic mass is 9.99. The van der Waals surface area contributed by atoms with Crippen LogP contribution in [0.25, 0.3) is 11.3 Å². The average Bonchev–Trinajstić information content (AvgIpc) is 2.62. The van der Waals surface area contributed by atoms with Crippen molar-refractivity contribution in [2.24, 2.45) is 5.92 Å². The third kappa shape index (κ3) is 3.37. The first kappa shape index (κ1) is 16.4. The van der Waals surface area contributed by atoms with Gasteiger partial charge in [-0.3, -0.25) is 14.6 Å². The van der Waals surface area contributed by atoms with Crippen molar-refractivity contribution in [3.63, 3.8) is 0 Å². The highest BCUT2D eigenvalue weighted by molar-refractivity contribution is 5.80. The molecule has 24 heavy (non-hydrogen) atoms. The van der Waals surface area contributed by atoms with Gasteiger partial charge in [0.05, 0.1) is 5.69 Å². The second kappa shape index (κ2) is 6.95. The normalized spacial score (nSPS) is 16.8. The van der Waals surface area contributed by atoms with Gasteiger partial charge in [0.15, 0.2) is 0 Å². The molecule has 126 valence electrons. The molecule has 1 atom stereocenters. The molecule has 1 saturated heterocycles. The van der Waals surface area contributed by atoms with Gasteiger partial charge >= 0.3 is 0 Å². The van der Waals surface area contributed by atoms with Crippen molar-refractivity contribution < 1.29 is 4.79 Å². The number of hydrogen-bond donors (Lipinski definition) is 0. The van der Waals surface area contributed by atoms with Gasteiger partial charge in [-0.05, 0) is 43.9 Å². The smallest absolute Gasteiger partial charge is 0.267 e. The van der Waals surface area contributed by atoms with E-state index in [2.05, 4.69) is 17.0 Å². The van der Waals surface area contributed by atoms with E-state index in [9.17, 15) is 9.59 Å². The number of nitrogens with zero attached hydrogens (tertiary/aromatic N) is 4. The number of rotatable bonds is 3. The standard InChI is InChI=1S/C18H22N4O2/c1-13-7-11-21(12-8-13)18(24)14(2)22-17(23)4-3-16(20-22)15-5-9-19-10-6-15/h3-6,9-10,13-14H,7-8,11-12H2,1-2H3. The minimum atomic E-state index is -0.604. The number of pyridine rings is 1. The molecule has 0 N–H and O–H groups in total. The molecule has 0 aromatic carbocycles. The number of aromatic nitrogens is 3. The third-order valence-corrected chi connectivity index (χ3v) is 4.62. The van der Waals surface area contributed by atoms with Crippen molar-refractivity contribution in [1.82, 2.24) is 19.7 Å². The summed E-state index contributed by atoms with van der Waals surface area (Å²) in [7, 11) is 0. The molecule has 1 aliphatic rings. The number of likely N-dealkylation sites (tertiary alicyclic amines) is 1. The summed E-state index contributed by atoms with van der Waals surface area (Å²) in [6, 6.07) is 6.19. The van der Waals surface area contributed by atoms with E-state index in [0.29, 0.717) is 11.6 Å². The SMILES string of the molecule is CC1CCN(C(=O)C(C)n2nc(-c3ccncc3)ccc2=O)CC1. The van der Waals surface area contributed by atoms with E-state index in [4.69, 9.17) is 0 Å². The quantitative estimate of drug-likeness (QED) is 0.866. The van der Waals surface area contributed by atoms with Crippen LogP contribution in [0.5, 0.6) is 0 Å². The van der Waals surface area contributed by atoms with Crippen molar-refractivity contribution >= 4 is 5.91 Å². The summed E-state index contributed by atoms with van der Waals surface area (Å²) in [6.45, 7) is 5.45. The highest BCUT2D eigenvalue weighted by atomic mass is 16.2. The monoisotopic (exact) mass is 326 g/mol. The molecule has 1 unspecified atom stereocenters. The molecule has 0 radical (unpaired) electrons. The van der Waals surface area contributed by atoms with Crippen molar-refractivity contribution in [3.8, 4) is 11.3 Å². The van der Waals surface area contributed by atoms with Crippen LogP contribution < -0.4 is 5.56 Å². The fourth-order valence-electron chi connectivity index (χ4n) is 2.98. The van der Waals surface area contributed by atoms with Crippen LogP contribution in [0, 0.1) is 5.92 Å². The molecule has 0 bridgehead atoms. The van der Waals surface area contributed by atoms with Gasteiger partial charge in [-0.15, -0.1) is 0 Å². The molecule has 0 saturated carbocycles. The Morgan fingerprint density at radius 2 is 1.83 bits per heavy atom. The zero-order valence-electron chi connectivity index (χ0n) is 14.1. The average molecular weight is 326 g/mol. The summed E-state index contributed by atoms with van der Waals surface area (Å²) in [4.78, 5) is 30.8. The van der Waals surface area contributed by atoms with E-state index in [1.54, 1.807) is 25.4 Å². The van der Waals surface area contributed by atoms with Crippen LogP contribution in [-0.4, -0.2) is 38.7 Å². The van der Waals surface area contributed by atoms with E-state index in [1.165, 1.54) is 10.7 Å². The number of hydrogen-bond acceptors (Lipinski definition) is 4. The molecule has 1 fully saturated rings. The molecule has 1 aliphatic heterocycles. The van der Waals surface area contributed by atoms with Gasteiger partial charge in [0.25, 0.3) is 5.56 Å². The molecule has 3 heterocycles. The van der Waals surface area contributed by atoms with Crippen molar-refractivity contribution in [3.05, 3.63) is 47.0 Å². The molecule has 0 spiro atoms. The predicted octanol–water partition coefficient (Wildman–Crippen LogP) is 2.12. The van der Waals surface area contributed by atoms with E-state index in [-0.39, 0.29) is 11.5 Å². The lowest BCUT2D eigenvalue weighted by molar-refractivity contribution is -0.136. The van der Waals surface area contributed by atoms with Gasteiger partial charge in [0, 0.05) is 37.1 Å². The number of amides is 1. The summed E-state index contributed by atoms with van der Waals surface area (Å²) < 4.78 is 1.29. The van der Waals surface area contributed by atoms with E-state index in [1.807, 2.05) is 17.0 Å². The molecular weight excluding hydrogens is 304 g/mol. The van der Waals surface area contributed by atoms with E-state index in [0.717, 1.165) is 31.5 Å². The molecular formula is C18H22N4O2. The topological polar surface area (TPSA) is 68.1 Å². The maximum atomic E-state index is 12.7. The Balaban J connectivity index is 1.85. The van der Waals surface area contributed by atoms with Crippen LogP contribution in [0.2, 0.25) is 0 Å². The minimum absolute atomic E-state index is 0.0385. The summed E-state index contributed by atoms with van der Waals surface area (Å²) in [6.07, 6.45) is 5.38. The third-order valence-electron chi connectivity index (χ3n) is 4.62. The van der Waals surface area contributed by atoms with Crippen LogP contribution in [0.4, 0.5) is 0 Å². The van der Waals surface area contributed by atoms with Crippen LogP contribution in [0.15, 0.2) is 41.5 Å². The van der Waals surface area contributed by atoms with Crippen LogP contribution in [-0.2, 0) is 4.79 Å². The first-order valence-corrected chi connectivity index (χ1v) is 8.35. The second-order valence-corrected chi connectivity index (χ2v) is 6.42. The van der Waals surface area contributed by atoms with Gasteiger partial charge in [0.2, 0.25) is 5.91 Å². The lowest BCUT2D eigenvalue weighted by Crippen LogP contribution is -2.43. The Hall–Kier alpha value is -2.50. The summed E-state index contributed by atoms with van der Waals surface area (Å²) in [5.41, 5.74) is 1.26. The highest BCUT2D eigenvalue weighted by Crippen LogP contribution is 2.19. The maximum absolute atomic E-state index is 12.7. The molecule has 1 amide bonds. The van der Waals surface area contributed by atoms with Crippen LogP contribution >= 0.6 is 0 Å². The number of carbonyl (C=O) groups excluding carboxylic acids is 1. The maximum Gasteiger partial charge on any atom is 0.267 e. The lowest BCUT2D eigenvalue weighted by Gasteiger charge is -2.32. The second-order valence-electron chi connectivity index (χ2n) is 6.42.